The number of ether oxygens (including phenoxy) is 1. The Labute approximate surface area is 138 Å². The van der Waals surface area contributed by atoms with Crippen LogP contribution in [-0.4, -0.2) is 17.5 Å². The number of carbonyl (C=O) groups is 1. The SMILES string of the molecule is CC(C)c1[nH]ccc1C(=O)NC1COc2c1ccc(Cl)c2Cl. The van der Waals surface area contributed by atoms with Crippen LogP contribution in [0.4, 0.5) is 0 Å². The number of hydrogen-bond acceptors (Lipinski definition) is 2. The lowest BCUT2D eigenvalue weighted by molar-refractivity contribution is 0.0929. The molecule has 116 valence electrons. The molecule has 4 nitrogen and oxygen atoms in total. The van der Waals surface area contributed by atoms with E-state index in [0.717, 1.165) is 11.3 Å². The van der Waals surface area contributed by atoms with Gasteiger partial charge in [-0.3, -0.25) is 4.79 Å². The molecule has 22 heavy (non-hydrogen) atoms. The van der Waals surface area contributed by atoms with Gasteiger partial charge in [0.25, 0.3) is 5.91 Å². The minimum atomic E-state index is -0.229. The highest BCUT2D eigenvalue weighted by Gasteiger charge is 2.29. The van der Waals surface area contributed by atoms with Crippen LogP contribution in [-0.2, 0) is 0 Å². The highest BCUT2D eigenvalue weighted by Crippen LogP contribution is 2.42. The van der Waals surface area contributed by atoms with Gasteiger partial charge in [-0.25, -0.2) is 0 Å². The molecule has 0 fully saturated rings. The maximum atomic E-state index is 12.5. The maximum absolute atomic E-state index is 12.5. The van der Waals surface area contributed by atoms with Crippen molar-refractivity contribution in [3.8, 4) is 5.75 Å². The summed E-state index contributed by atoms with van der Waals surface area (Å²) in [6.45, 7) is 4.43. The van der Waals surface area contributed by atoms with Gasteiger partial charge in [0.15, 0.2) is 0 Å². The van der Waals surface area contributed by atoms with Gasteiger partial charge in [0, 0.05) is 17.5 Å². The zero-order valence-electron chi connectivity index (χ0n) is 12.2. The lowest BCUT2D eigenvalue weighted by atomic mass is 10.0. The van der Waals surface area contributed by atoms with Crippen molar-refractivity contribution in [3.05, 3.63) is 51.3 Å². The van der Waals surface area contributed by atoms with E-state index in [1.807, 2.05) is 19.9 Å². The molecule has 0 radical (unpaired) electrons. The fourth-order valence-electron chi connectivity index (χ4n) is 2.64. The van der Waals surface area contributed by atoms with E-state index < -0.39 is 0 Å². The summed E-state index contributed by atoms with van der Waals surface area (Å²) in [5.41, 5.74) is 2.43. The molecule has 2 heterocycles. The average molecular weight is 339 g/mol. The summed E-state index contributed by atoms with van der Waals surface area (Å²) < 4.78 is 5.58. The standard InChI is InChI=1S/C16H16Cl2N2O2/c1-8(2)14-10(5-6-19-14)16(21)20-12-7-22-15-9(12)3-4-11(17)13(15)18/h3-6,8,12,19H,7H2,1-2H3,(H,20,21). The van der Waals surface area contributed by atoms with Crippen LogP contribution < -0.4 is 10.1 Å². The Kier molecular flexibility index (Phi) is 4.06. The molecule has 0 bridgehead atoms. The first-order chi connectivity index (χ1) is 10.5. The molecule has 2 aromatic rings. The number of carbonyl (C=O) groups excluding carboxylic acids is 1. The normalized spacial score (nSPS) is 16.5. The van der Waals surface area contributed by atoms with E-state index >= 15 is 0 Å². The predicted molar refractivity (Wildman–Crippen MR) is 87.0 cm³/mol. The summed E-state index contributed by atoms with van der Waals surface area (Å²) in [5.74, 6) is 0.672. The Morgan fingerprint density at radius 3 is 2.86 bits per heavy atom. The van der Waals surface area contributed by atoms with Crippen LogP contribution in [0.5, 0.6) is 5.75 Å². The molecular formula is C16H16Cl2N2O2. The molecule has 6 heteroatoms. The molecule has 1 atom stereocenters. The molecule has 0 spiro atoms. The Balaban J connectivity index is 1.83. The average Bonchev–Trinajstić information content (AvgIpc) is 3.10. The van der Waals surface area contributed by atoms with Crippen LogP contribution in [0.2, 0.25) is 10.0 Å². The Bertz CT molecular complexity index is 725. The van der Waals surface area contributed by atoms with Crippen LogP contribution in [0.15, 0.2) is 24.4 Å². The van der Waals surface area contributed by atoms with Gasteiger partial charge in [-0.05, 0) is 18.1 Å². The van der Waals surface area contributed by atoms with Gasteiger partial charge in [0.1, 0.15) is 17.4 Å². The van der Waals surface area contributed by atoms with Crippen molar-refractivity contribution in [1.82, 2.24) is 10.3 Å². The summed E-state index contributed by atoms with van der Waals surface area (Å²) in [7, 11) is 0. The molecule has 1 aliphatic heterocycles. The fourth-order valence-corrected chi connectivity index (χ4v) is 3.01. The summed E-state index contributed by atoms with van der Waals surface area (Å²) in [6.07, 6.45) is 1.78. The van der Waals surface area contributed by atoms with Gasteiger partial charge < -0.3 is 15.0 Å². The van der Waals surface area contributed by atoms with Crippen molar-refractivity contribution in [3.63, 3.8) is 0 Å². The van der Waals surface area contributed by atoms with Gasteiger partial charge in [0.05, 0.1) is 16.6 Å². The van der Waals surface area contributed by atoms with Crippen molar-refractivity contribution in [1.29, 1.82) is 0 Å². The minimum Gasteiger partial charge on any atom is -0.489 e. The molecule has 2 N–H and O–H groups in total. The Morgan fingerprint density at radius 1 is 1.36 bits per heavy atom. The number of aromatic nitrogens is 1. The first kappa shape index (κ1) is 15.3. The van der Waals surface area contributed by atoms with Crippen molar-refractivity contribution >= 4 is 29.1 Å². The zero-order chi connectivity index (χ0) is 15.9. The largest absolute Gasteiger partial charge is 0.489 e. The number of nitrogens with one attached hydrogen (secondary N) is 2. The summed E-state index contributed by atoms with van der Waals surface area (Å²) >= 11 is 12.1. The highest BCUT2D eigenvalue weighted by molar-refractivity contribution is 6.43. The fraction of sp³-hybridized carbons (Fsp3) is 0.312. The molecule has 0 saturated carbocycles. The second-order valence-corrected chi connectivity index (χ2v) is 6.36. The van der Waals surface area contributed by atoms with Crippen LogP contribution in [0, 0.1) is 0 Å². The Morgan fingerprint density at radius 2 is 2.14 bits per heavy atom. The number of benzene rings is 1. The van der Waals surface area contributed by atoms with E-state index in [4.69, 9.17) is 27.9 Å². The molecule has 0 saturated heterocycles. The molecule has 1 aromatic carbocycles. The molecule has 0 aliphatic carbocycles. The van der Waals surface area contributed by atoms with Crippen molar-refractivity contribution < 1.29 is 9.53 Å². The molecular weight excluding hydrogens is 323 g/mol. The van der Waals surface area contributed by atoms with E-state index in [2.05, 4.69) is 10.3 Å². The molecule has 1 aromatic heterocycles. The molecule has 1 amide bonds. The zero-order valence-corrected chi connectivity index (χ0v) is 13.8. The highest BCUT2D eigenvalue weighted by atomic mass is 35.5. The molecule has 1 unspecified atom stereocenters. The van der Waals surface area contributed by atoms with Gasteiger partial charge >= 0.3 is 0 Å². The second kappa shape index (κ2) is 5.86. The lowest BCUT2D eigenvalue weighted by Gasteiger charge is -2.13. The van der Waals surface area contributed by atoms with Crippen LogP contribution in [0.3, 0.4) is 0 Å². The van der Waals surface area contributed by atoms with E-state index in [1.165, 1.54) is 0 Å². The van der Waals surface area contributed by atoms with Gasteiger partial charge in [-0.15, -0.1) is 0 Å². The van der Waals surface area contributed by atoms with E-state index in [0.29, 0.717) is 28.0 Å². The third-order valence-corrected chi connectivity index (χ3v) is 4.54. The summed E-state index contributed by atoms with van der Waals surface area (Å²) in [5, 5.41) is 3.83. The van der Waals surface area contributed by atoms with Crippen LogP contribution in [0.25, 0.3) is 0 Å². The first-order valence-electron chi connectivity index (χ1n) is 7.08. The third kappa shape index (κ3) is 2.57. The lowest BCUT2D eigenvalue weighted by Crippen LogP contribution is -2.29. The number of halogens is 2. The van der Waals surface area contributed by atoms with Gasteiger partial charge in [-0.1, -0.05) is 43.1 Å². The summed E-state index contributed by atoms with van der Waals surface area (Å²) in [4.78, 5) is 15.6. The number of aromatic amines is 1. The first-order valence-corrected chi connectivity index (χ1v) is 7.83. The predicted octanol–water partition coefficient (Wildman–Crippen LogP) is 4.31. The molecule has 1 aliphatic rings. The Hall–Kier alpha value is -1.65. The number of fused-ring (bicyclic) bond motifs is 1. The molecule has 3 rings (SSSR count). The van der Waals surface area contributed by atoms with Crippen molar-refractivity contribution in [2.45, 2.75) is 25.8 Å². The van der Waals surface area contributed by atoms with E-state index in [1.54, 1.807) is 18.3 Å². The number of amides is 1. The number of hydrogen-bond donors (Lipinski definition) is 2. The van der Waals surface area contributed by atoms with Gasteiger partial charge in [-0.2, -0.15) is 0 Å². The monoisotopic (exact) mass is 338 g/mol. The van der Waals surface area contributed by atoms with Crippen molar-refractivity contribution in [2.24, 2.45) is 0 Å². The van der Waals surface area contributed by atoms with E-state index in [-0.39, 0.29) is 17.9 Å². The maximum Gasteiger partial charge on any atom is 0.253 e. The number of H-pyrrole nitrogens is 1. The summed E-state index contributed by atoms with van der Waals surface area (Å²) in [6, 6.07) is 5.11. The van der Waals surface area contributed by atoms with E-state index in [9.17, 15) is 4.79 Å². The quantitative estimate of drug-likeness (QED) is 0.876. The van der Waals surface area contributed by atoms with Crippen LogP contribution in [0.1, 0.15) is 47.4 Å². The number of rotatable bonds is 3. The van der Waals surface area contributed by atoms with Crippen LogP contribution >= 0.6 is 23.2 Å². The minimum absolute atomic E-state index is 0.127. The van der Waals surface area contributed by atoms with Crippen molar-refractivity contribution in [2.75, 3.05) is 6.61 Å². The smallest absolute Gasteiger partial charge is 0.253 e. The van der Waals surface area contributed by atoms with Gasteiger partial charge in [0.2, 0.25) is 0 Å². The second-order valence-electron chi connectivity index (χ2n) is 5.58. The topological polar surface area (TPSA) is 54.1 Å². The third-order valence-electron chi connectivity index (χ3n) is 3.76.